The number of aromatic nitrogens is 2. The Hall–Kier alpha value is -1.45. The van der Waals surface area contributed by atoms with Crippen LogP contribution in [0.1, 0.15) is 10.7 Å². The van der Waals surface area contributed by atoms with Gasteiger partial charge in [-0.1, -0.05) is 5.16 Å². The Morgan fingerprint density at radius 3 is 2.83 bits per heavy atom. The first-order valence-corrected chi connectivity index (χ1v) is 7.38. The van der Waals surface area contributed by atoms with E-state index in [1.165, 1.54) is 11.3 Å². The summed E-state index contributed by atoms with van der Waals surface area (Å²) >= 11 is 1.20. The van der Waals surface area contributed by atoms with Gasteiger partial charge in [-0.05, 0) is 19.1 Å². The van der Waals surface area contributed by atoms with Crippen LogP contribution in [0.5, 0.6) is 0 Å². The van der Waals surface area contributed by atoms with Crippen molar-refractivity contribution < 1.29 is 12.9 Å². The van der Waals surface area contributed by atoms with Gasteiger partial charge in [0.25, 0.3) is 0 Å². The van der Waals surface area contributed by atoms with Crippen molar-refractivity contribution in [2.45, 2.75) is 17.6 Å². The van der Waals surface area contributed by atoms with Gasteiger partial charge >= 0.3 is 5.76 Å². The molecule has 0 radical (unpaired) electrons. The second-order valence-corrected chi connectivity index (χ2v) is 6.84. The van der Waals surface area contributed by atoms with E-state index in [2.05, 4.69) is 19.4 Å². The van der Waals surface area contributed by atoms with Crippen molar-refractivity contribution in [2.24, 2.45) is 0 Å². The summed E-state index contributed by atoms with van der Waals surface area (Å²) in [5.74, 6) is -0.341. The van der Waals surface area contributed by atoms with Crippen LogP contribution in [0.15, 0.2) is 25.7 Å². The minimum Gasteiger partial charge on any atom is -0.296 e. The summed E-state index contributed by atoms with van der Waals surface area (Å²) < 4.78 is 30.6. The minimum atomic E-state index is -3.48. The number of nitrogens with one attached hydrogen (secondary N) is 2. The first-order valence-electron chi connectivity index (χ1n) is 5.08. The average Bonchev–Trinajstić information content (AvgIpc) is 2.88. The van der Waals surface area contributed by atoms with Gasteiger partial charge in [0.15, 0.2) is 5.82 Å². The number of hydrogen-bond donors (Lipinski definition) is 2. The van der Waals surface area contributed by atoms with Crippen LogP contribution >= 0.6 is 11.3 Å². The molecule has 98 valence electrons. The molecule has 2 N–H and O–H groups in total. The van der Waals surface area contributed by atoms with Crippen LogP contribution < -0.4 is 10.5 Å². The van der Waals surface area contributed by atoms with Crippen LogP contribution in [0.2, 0.25) is 0 Å². The molecule has 0 fully saturated rings. The fraction of sp³-hybridized carbons (Fsp3) is 0.333. The highest BCUT2D eigenvalue weighted by Crippen LogP contribution is 2.19. The van der Waals surface area contributed by atoms with E-state index in [1.807, 2.05) is 6.92 Å². The summed E-state index contributed by atoms with van der Waals surface area (Å²) in [6.07, 6.45) is 0.259. The predicted molar refractivity (Wildman–Crippen MR) is 65.1 cm³/mol. The third-order valence-electron chi connectivity index (χ3n) is 2.12. The number of rotatable bonds is 5. The number of nitrogens with zero attached hydrogens (tertiary/aromatic N) is 1. The van der Waals surface area contributed by atoms with Crippen molar-refractivity contribution in [3.63, 3.8) is 0 Å². The van der Waals surface area contributed by atoms with E-state index in [-0.39, 0.29) is 17.2 Å². The van der Waals surface area contributed by atoms with Crippen LogP contribution in [-0.2, 0) is 16.4 Å². The molecule has 7 nitrogen and oxygen atoms in total. The van der Waals surface area contributed by atoms with Gasteiger partial charge < -0.3 is 0 Å². The largest absolute Gasteiger partial charge is 0.438 e. The number of aryl methyl sites for hydroxylation is 1. The molecule has 0 unspecified atom stereocenters. The SMILES string of the molecule is Cc1ccc(S(=O)(=O)NCCc2noc(=O)[nH]2)s1. The van der Waals surface area contributed by atoms with Crippen molar-refractivity contribution in [1.82, 2.24) is 14.9 Å². The molecule has 2 aromatic rings. The Morgan fingerprint density at radius 1 is 1.50 bits per heavy atom. The molecule has 0 amide bonds. The molecule has 2 aromatic heterocycles. The molecule has 0 bridgehead atoms. The monoisotopic (exact) mass is 289 g/mol. The minimum absolute atomic E-state index is 0.141. The molecule has 0 saturated carbocycles. The normalized spacial score (nSPS) is 11.8. The smallest absolute Gasteiger partial charge is 0.296 e. The lowest BCUT2D eigenvalue weighted by Gasteiger charge is -2.02. The van der Waals surface area contributed by atoms with Crippen molar-refractivity contribution in [3.8, 4) is 0 Å². The standard InChI is InChI=1S/C9H11N3O4S2/c1-6-2-3-8(17-6)18(14,15)10-5-4-7-11-9(13)16-12-7/h2-3,10H,4-5H2,1H3,(H,11,12,13). The molecular weight excluding hydrogens is 278 g/mol. The van der Waals surface area contributed by atoms with Crippen LogP contribution in [-0.4, -0.2) is 25.1 Å². The maximum atomic E-state index is 11.8. The summed E-state index contributed by atoms with van der Waals surface area (Å²) in [6, 6.07) is 3.30. The first-order chi connectivity index (χ1) is 8.47. The Kier molecular flexibility index (Phi) is 3.64. The average molecular weight is 289 g/mol. The van der Waals surface area contributed by atoms with Crippen molar-refractivity contribution in [3.05, 3.63) is 33.4 Å². The molecule has 9 heteroatoms. The zero-order valence-electron chi connectivity index (χ0n) is 9.47. The molecule has 0 aliphatic heterocycles. The lowest BCUT2D eigenvalue weighted by molar-refractivity contribution is 0.381. The number of aromatic amines is 1. The van der Waals surface area contributed by atoms with Gasteiger partial charge in [-0.25, -0.2) is 17.9 Å². The van der Waals surface area contributed by atoms with E-state index in [0.717, 1.165) is 4.88 Å². The molecule has 0 aliphatic carbocycles. The summed E-state index contributed by atoms with van der Waals surface area (Å²) in [5, 5.41) is 3.44. The van der Waals surface area contributed by atoms with Crippen molar-refractivity contribution >= 4 is 21.4 Å². The molecule has 0 saturated heterocycles. The van der Waals surface area contributed by atoms with Crippen LogP contribution in [0.3, 0.4) is 0 Å². The fourth-order valence-electron chi connectivity index (χ4n) is 1.30. The highest BCUT2D eigenvalue weighted by atomic mass is 32.2. The lowest BCUT2D eigenvalue weighted by Crippen LogP contribution is -2.25. The Morgan fingerprint density at radius 2 is 2.28 bits per heavy atom. The Balaban J connectivity index is 1.95. The molecule has 0 aromatic carbocycles. The maximum absolute atomic E-state index is 11.8. The van der Waals surface area contributed by atoms with Gasteiger partial charge in [-0.2, -0.15) is 0 Å². The van der Waals surface area contributed by atoms with E-state index in [9.17, 15) is 13.2 Å². The van der Waals surface area contributed by atoms with Crippen LogP contribution in [0.4, 0.5) is 0 Å². The van der Waals surface area contributed by atoms with E-state index >= 15 is 0 Å². The number of hydrogen-bond acceptors (Lipinski definition) is 6. The molecular formula is C9H11N3O4S2. The second-order valence-electron chi connectivity index (χ2n) is 3.55. The molecule has 0 spiro atoms. The zero-order chi connectivity index (χ0) is 13.2. The van der Waals surface area contributed by atoms with E-state index in [4.69, 9.17) is 0 Å². The predicted octanol–water partition coefficient (Wildman–Crippen LogP) is 0.254. The van der Waals surface area contributed by atoms with Crippen molar-refractivity contribution in [1.29, 1.82) is 0 Å². The number of sulfonamides is 1. The lowest BCUT2D eigenvalue weighted by atomic mass is 10.4. The highest BCUT2D eigenvalue weighted by molar-refractivity contribution is 7.91. The summed E-state index contributed by atoms with van der Waals surface area (Å²) in [7, 11) is -3.48. The van der Waals surface area contributed by atoms with E-state index in [1.54, 1.807) is 12.1 Å². The van der Waals surface area contributed by atoms with Crippen LogP contribution in [0, 0.1) is 6.92 Å². The zero-order valence-corrected chi connectivity index (χ0v) is 11.1. The summed E-state index contributed by atoms with van der Waals surface area (Å²) in [6.45, 7) is 1.98. The molecule has 18 heavy (non-hydrogen) atoms. The number of thiophene rings is 1. The van der Waals surface area contributed by atoms with Gasteiger partial charge in [0.05, 0.1) is 0 Å². The van der Waals surface area contributed by atoms with Crippen molar-refractivity contribution in [2.75, 3.05) is 6.54 Å². The molecule has 0 atom stereocenters. The third-order valence-corrected chi connectivity index (χ3v) is 5.07. The molecule has 0 aliphatic rings. The highest BCUT2D eigenvalue weighted by Gasteiger charge is 2.15. The Bertz CT molecular complexity index is 682. The maximum Gasteiger partial charge on any atom is 0.438 e. The van der Waals surface area contributed by atoms with Gasteiger partial charge in [-0.15, -0.1) is 11.3 Å². The van der Waals surface area contributed by atoms with Gasteiger partial charge in [0, 0.05) is 17.8 Å². The van der Waals surface area contributed by atoms with E-state index in [0.29, 0.717) is 5.82 Å². The third kappa shape index (κ3) is 3.06. The van der Waals surface area contributed by atoms with Gasteiger partial charge in [0.2, 0.25) is 10.0 Å². The molecule has 2 heterocycles. The first kappa shape index (κ1) is 13.0. The van der Waals surface area contributed by atoms with Crippen LogP contribution in [0.25, 0.3) is 0 Å². The number of H-pyrrole nitrogens is 1. The Labute approximate surface area is 107 Å². The summed E-state index contributed by atoms with van der Waals surface area (Å²) in [4.78, 5) is 13.9. The second kappa shape index (κ2) is 5.04. The topological polar surface area (TPSA) is 105 Å². The quantitative estimate of drug-likeness (QED) is 0.821. The van der Waals surface area contributed by atoms with Gasteiger partial charge in [-0.3, -0.25) is 9.51 Å². The fourth-order valence-corrected chi connectivity index (χ4v) is 3.66. The summed E-state index contributed by atoms with van der Waals surface area (Å²) in [5.41, 5.74) is 0. The van der Waals surface area contributed by atoms with E-state index < -0.39 is 15.8 Å². The molecule has 2 rings (SSSR count). The van der Waals surface area contributed by atoms with Gasteiger partial charge in [0.1, 0.15) is 4.21 Å².